The highest BCUT2D eigenvalue weighted by Crippen LogP contribution is 2.24. The molecule has 1 saturated heterocycles. The maximum absolute atomic E-state index is 4.64. The Morgan fingerprint density at radius 2 is 2.18 bits per heavy atom. The Bertz CT molecular complexity index is 484. The van der Waals surface area contributed by atoms with E-state index in [9.17, 15) is 0 Å². The molecule has 0 unspecified atom stereocenters. The fraction of sp³-hybridized carbons (Fsp3) is 0.455. The molecule has 1 aliphatic heterocycles. The summed E-state index contributed by atoms with van der Waals surface area (Å²) < 4.78 is 1.86. The summed E-state index contributed by atoms with van der Waals surface area (Å²) in [7, 11) is 1.95. The lowest BCUT2D eigenvalue weighted by molar-refractivity contribution is 0.578. The van der Waals surface area contributed by atoms with Crippen LogP contribution in [-0.4, -0.2) is 40.9 Å². The molecule has 0 bridgehead atoms. The molecule has 6 heteroatoms. The minimum atomic E-state index is 0.845. The molecular formula is C11H15N5S. The molecule has 2 aromatic heterocycles. The Morgan fingerprint density at radius 3 is 2.88 bits per heavy atom. The molecule has 1 fully saturated rings. The summed E-state index contributed by atoms with van der Waals surface area (Å²) in [5, 5.41) is 9.90. The van der Waals surface area contributed by atoms with Crippen molar-refractivity contribution in [1.82, 2.24) is 20.1 Å². The van der Waals surface area contributed by atoms with Crippen molar-refractivity contribution < 1.29 is 0 Å². The number of aromatic nitrogens is 3. The molecule has 0 aliphatic carbocycles. The average molecular weight is 249 g/mol. The van der Waals surface area contributed by atoms with Gasteiger partial charge in [-0.3, -0.25) is 0 Å². The number of rotatable bonds is 2. The van der Waals surface area contributed by atoms with Gasteiger partial charge in [0.2, 0.25) is 5.95 Å². The van der Waals surface area contributed by atoms with Crippen molar-refractivity contribution in [1.29, 1.82) is 0 Å². The fourth-order valence-electron chi connectivity index (χ4n) is 1.99. The topological polar surface area (TPSA) is 46.0 Å². The molecule has 3 heterocycles. The van der Waals surface area contributed by atoms with E-state index in [1.165, 1.54) is 4.88 Å². The molecule has 17 heavy (non-hydrogen) atoms. The number of hydrogen-bond donors (Lipinski definition) is 1. The van der Waals surface area contributed by atoms with Gasteiger partial charge >= 0.3 is 0 Å². The quantitative estimate of drug-likeness (QED) is 0.861. The van der Waals surface area contributed by atoms with Crippen molar-refractivity contribution in [2.75, 3.05) is 31.1 Å². The van der Waals surface area contributed by atoms with E-state index in [1.807, 2.05) is 17.8 Å². The lowest BCUT2D eigenvalue weighted by Crippen LogP contribution is -2.44. The molecule has 3 rings (SSSR count). The van der Waals surface area contributed by atoms with Crippen LogP contribution in [0.4, 0.5) is 5.95 Å². The first kappa shape index (κ1) is 10.7. The summed E-state index contributed by atoms with van der Waals surface area (Å²) in [6, 6.07) is 4.12. The molecule has 0 amide bonds. The summed E-state index contributed by atoms with van der Waals surface area (Å²) in [5.74, 6) is 1.80. The third-order valence-electron chi connectivity index (χ3n) is 2.89. The van der Waals surface area contributed by atoms with Crippen LogP contribution in [0.2, 0.25) is 0 Å². The Kier molecular flexibility index (Phi) is 2.82. The number of hydrogen-bond acceptors (Lipinski definition) is 5. The van der Waals surface area contributed by atoms with Gasteiger partial charge in [-0.2, -0.15) is 4.98 Å². The van der Waals surface area contributed by atoms with Crippen molar-refractivity contribution in [3.8, 4) is 10.7 Å². The summed E-state index contributed by atoms with van der Waals surface area (Å²) >= 11 is 1.70. The van der Waals surface area contributed by atoms with Crippen LogP contribution in [0.5, 0.6) is 0 Å². The summed E-state index contributed by atoms with van der Waals surface area (Å²) in [4.78, 5) is 8.03. The Hall–Kier alpha value is -1.40. The first-order valence-corrected chi connectivity index (χ1v) is 6.63. The normalized spacial score (nSPS) is 16.4. The molecule has 0 aromatic carbocycles. The Morgan fingerprint density at radius 1 is 1.35 bits per heavy atom. The van der Waals surface area contributed by atoms with E-state index in [0.29, 0.717) is 0 Å². The molecule has 0 saturated carbocycles. The molecule has 5 nitrogen and oxygen atoms in total. The summed E-state index contributed by atoms with van der Waals surface area (Å²) in [5.41, 5.74) is 0. The Labute approximate surface area is 104 Å². The highest BCUT2D eigenvalue weighted by molar-refractivity contribution is 7.13. The number of nitrogens with one attached hydrogen (secondary N) is 1. The maximum Gasteiger partial charge on any atom is 0.245 e. The smallest absolute Gasteiger partial charge is 0.245 e. The van der Waals surface area contributed by atoms with Crippen LogP contribution in [0, 0.1) is 0 Å². The average Bonchev–Trinajstić information content (AvgIpc) is 2.99. The Balaban J connectivity index is 1.90. The first-order valence-electron chi connectivity index (χ1n) is 5.75. The van der Waals surface area contributed by atoms with Gasteiger partial charge in [0, 0.05) is 33.2 Å². The van der Waals surface area contributed by atoms with E-state index >= 15 is 0 Å². The number of anilines is 1. The van der Waals surface area contributed by atoms with Crippen molar-refractivity contribution in [3.05, 3.63) is 17.5 Å². The zero-order valence-electron chi connectivity index (χ0n) is 9.76. The van der Waals surface area contributed by atoms with Crippen molar-refractivity contribution in [2.45, 2.75) is 0 Å². The molecule has 0 spiro atoms. The zero-order chi connectivity index (χ0) is 11.7. The molecule has 1 aliphatic rings. The molecule has 2 aromatic rings. The number of aryl methyl sites for hydroxylation is 1. The van der Waals surface area contributed by atoms with E-state index < -0.39 is 0 Å². The van der Waals surface area contributed by atoms with Crippen LogP contribution in [0.1, 0.15) is 0 Å². The second kappa shape index (κ2) is 4.46. The van der Waals surface area contributed by atoms with E-state index in [-0.39, 0.29) is 0 Å². The largest absolute Gasteiger partial charge is 0.337 e. The predicted molar refractivity (Wildman–Crippen MR) is 69.4 cm³/mol. The SMILES string of the molecule is Cn1nc(N2CCNCC2)nc1-c1cccs1. The fourth-order valence-corrected chi connectivity index (χ4v) is 2.73. The first-order chi connectivity index (χ1) is 8.34. The van der Waals surface area contributed by atoms with Crippen LogP contribution in [0.25, 0.3) is 10.7 Å². The second-order valence-electron chi connectivity index (χ2n) is 4.07. The summed E-state index contributed by atoms with van der Waals surface area (Å²) in [6.45, 7) is 3.97. The van der Waals surface area contributed by atoms with Crippen LogP contribution >= 0.6 is 11.3 Å². The minimum Gasteiger partial charge on any atom is -0.337 e. The van der Waals surface area contributed by atoms with Crippen molar-refractivity contribution in [2.24, 2.45) is 7.05 Å². The van der Waals surface area contributed by atoms with Crippen LogP contribution in [0.15, 0.2) is 17.5 Å². The molecule has 1 N–H and O–H groups in total. The molecular weight excluding hydrogens is 234 g/mol. The predicted octanol–water partition coefficient (Wildman–Crippen LogP) is 0.953. The molecule has 90 valence electrons. The van der Waals surface area contributed by atoms with Crippen LogP contribution in [0.3, 0.4) is 0 Å². The van der Waals surface area contributed by atoms with Crippen LogP contribution < -0.4 is 10.2 Å². The van der Waals surface area contributed by atoms with E-state index in [1.54, 1.807) is 11.3 Å². The van der Waals surface area contributed by atoms with Crippen LogP contribution in [-0.2, 0) is 7.05 Å². The van der Waals surface area contributed by atoms with Gasteiger partial charge in [-0.15, -0.1) is 16.4 Å². The van der Waals surface area contributed by atoms with Gasteiger partial charge in [-0.05, 0) is 11.4 Å². The van der Waals surface area contributed by atoms with E-state index in [0.717, 1.165) is 38.0 Å². The lowest BCUT2D eigenvalue weighted by atomic mass is 10.4. The van der Waals surface area contributed by atoms with Crippen molar-refractivity contribution in [3.63, 3.8) is 0 Å². The van der Waals surface area contributed by atoms with E-state index in [2.05, 4.69) is 31.7 Å². The molecule has 0 atom stereocenters. The lowest BCUT2D eigenvalue weighted by Gasteiger charge is -2.25. The summed E-state index contributed by atoms with van der Waals surface area (Å²) in [6.07, 6.45) is 0. The van der Waals surface area contributed by atoms with E-state index in [4.69, 9.17) is 0 Å². The van der Waals surface area contributed by atoms with Gasteiger partial charge in [0.15, 0.2) is 5.82 Å². The van der Waals surface area contributed by atoms with Gasteiger partial charge in [0.1, 0.15) is 0 Å². The third-order valence-corrected chi connectivity index (χ3v) is 3.76. The molecule has 0 radical (unpaired) electrons. The monoisotopic (exact) mass is 249 g/mol. The second-order valence-corrected chi connectivity index (χ2v) is 5.02. The van der Waals surface area contributed by atoms with Gasteiger partial charge in [-0.1, -0.05) is 6.07 Å². The van der Waals surface area contributed by atoms with Crippen molar-refractivity contribution >= 4 is 17.3 Å². The number of nitrogens with zero attached hydrogens (tertiary/aromatic N) is 4. The standard InChI is InChI=1S/C11H15N5S/c1-15-10(9-3-2-8-17-9)13-11(14-15)16-6-4-12-5-7-16/h2-3,8,12H,4-7H2,1H3. The van der Waals surface area contributed by atoms with Gasteiger partial charge in [-0.25, -0.2) is 4.68 Å². The number of piperazine rings is 1. The maximum atomic E-state index is 4.64. The number of thiophene rings is 1. The van der Waals surface area contributed by atoms with Gasteiger partial charge in [0.05, 0.1) is 4.88 Å². The third kappa shape index (κ3) is 2.05. The zero-order valence-corrected chi connectivity index (χ0v) is 10.6. The highest BCUT2D eigenvalue weighted by Gasteiger charge is 2.17. The minimum absolute atomic E-state index is 0.845. The van der Waals surface area contributed by atoms with Gasteiger partial charge in [0.25, 0.3) is 0 Å². The van der Waals surface area contributed by atoms with Gasteiger partial charge < -0.3 is 10.2 Å². The highest BCUT2D eigenvalue weighted by atomic mass is 32.1.